The molecule has 160 valence electrons. The van der Waals surface area contributed by atoms with E-state index in [1.807, 2.05) is 0 Å². The lowest BCUT2D eigenvalue weighted by molar-refractivity contribution is -0.120. The van der Waals surface area contributed by atoms with E-state index in [1.54, 1.807) is 46.7 Å². The Hall–Kier alpha value is -2.23. The predicted molar refractivity (Wildman–Crippen MR) is 116 cm³/mol. The van der Waals surface area contributed by atoms with Gasteiger partial charge in [-0.15, -0.1) is 11.3 Å². The summed E-state index contributed by atoms with van der Waals surface area (Å²) in [5.74, 6) is -0.778. The lowest BCUT2D eigenvalue weighted by Crippen LogP contribution is -2.43. The van der Waals surface area contributed by atoms with Crippen molar-refractivity contribution < 1.29 is 18.0 Å². The van der Waals surface area contributed by atoms with Crippen LogP contribution in [0.1, 0.15) is 36.0 Å². The predicted octanol–water partition coefficient (Wildman–Crippen LogP) is 3.02. The Bertz CT molecular complexity index is 1010. The molecule has 2 aromatic rings. The Morgan fingerprint density at radius 3 is 2.50 bits per heavy atom. The highest BCUT2D eigenvalue weighted by atomic mass is 32.2. The van der Waals surface area contributed by atoms with Crippen molar-refractivity contribution in [1.82, 2.24) is 9.21 Å². The highest BCUT2D eigenvalue weighted by molar-refractivity contribution is 7.91. The summed E-state index contributed by atoms with van der Waals surface area (Å²) in [4.78, 5) is 27.6. The van der Waals surface area contributed by atoms with Crippen LogP contribution in [0.4, 0.5) is 5.69 Å². The van der Waals surface area contributed by atoms with Gasteiger partial charge in [-0.05, 0) is 49.3 Å². The normalized spacial score (nSPS) is 20.3. The second kappa shape index (κ2) is 8.87. The Kier molecular flexibility index (Phi) is 6.21. The van der Waals surface area contributed by atoms with Gasteiger partial charge in [-0.3, -0.25) is 9.59 Å². The number of likely N-dealkylation sites (tertiary alicyclic amines) is 1. The lowest BCUT2D eigenvalue weighted by atomic mass is 9.98. The molecule has 3 heterocycles. The number of carbonyl (C=O) groups is 2. The highest BCUT2D eigenvalue weighted by Gasteiger charge is 2.34. The van der Waals surface area contributed by atoms with Gasteiger partial charge in [0.1, 0.15) is 4.21 Å². The summed E-state index contributed by atoms with van der Waals surface area (Å²) in [6.07, 6.45) is 3.23. The molecule has 30 heavy (non-hydrogen) atoms. The smallest absolute Gasteiger partial charge is 0.255 e. The number of amides is 2. The van der Waals surface area contributed by atoms with E-state index in [0.29, 0.717) is 34.8 Å². The number of rotatable bonds is 5. The van der Waals surface area contributed by atoms with Crippen LogP contribution < -0.4 is 5.32 Å². The fourth-order valence-electron chi connectivity index (χ4n) is 4.02. The molecular formula is C21H25N3O4S2. The minimum absolute atomic E-state index is 0.0751. The van der Waals surface area contributed by atoms with Crippen molar-refractivity contribution in [2.24, 2.45) is 5.92 Å². The van der Waals surface area contributed by atoms with Gasteiger partial charge in [0, 0.05) is 26.2 Å². The number of para-hydroxylation sites is 1. The topological polar surface area (TPSA) is 86.8 Å². The quantitative estimate of drug-likeness (QED) is 0.763. The number of piperidine rings is 1. The van der Waals surface area contributed by atoms with Gasteiger partial charge >= 0.3 is 0 Å². The number of hydrogen-bond donors (Lipinski definition) is 1. The molecule has 2 aliphatic heterocycles. The van der Waals surface area contributed by atoms with Crippen LogP contribution in [0.25, 0.3) is 0 Å². The maximum Gasteiger partial charge on any atom is 0.255 e. The minimum atomic E-state index is -3.58. The zero-order chi connectivity index (χ0) is 21.1. The highest BCUT2D eigenvalue weighted by Crippen LogP contribution is 2.28. The molecule has 0 bridgehead atoms. The summed E-state index contributed by atoms with van der Waals surface area (Å²) in [5.41, 5.74) is 0.962. The van der Waals surface area contributed by atoms with Crippen molar-refractivity contribution >= 4 is 38.9 Å². The molecule has 4 rings (SSSR count). The fourth-order valence-corrected chi connectivity index (χ4v) is 6.68. The molecule has 0 spiro atoms. The van der Waals surface area contributed by atoms with Crippen molar-refractivity contribution in [2.45, 2.75) is 29.9 Å². The molecule has 9 heteroatoms. The van der Waals surface area contributed by atoms with Crippen LogP contribution in [0.15, 0.2) is 46.0 Å². The van der Waals surface area contributed by atoms with Gasteiger partial charge in [0.25, 0.3) is 15.9 Å². The zero-order valence-corrected chi connectivity index (χ0v) is 18.3. The zero-order valence-electron chi connectivity index (χ0n) is 16.6. The number of hydrogen-bond acceptors (Lipinski definition) is 5. The number of sulfonamides is 1. The Morgan fingerprint density at radius 1 is 1.00 bits per heavy atom. The third kappa shape index (κ3) is 4.28. The van der Waals surface area contributed by atoms with E-state index in [9.17, 15) is 18.0 Å². The summed E-state index contributed by atoms with van der Waals surface area (Å²) in [7, 11) is -3.58. The fraction of sp³-hybridized carbons (Fsp3) is 0.429. The third-order valence-electron chi connectivity index (χ3n) is 5.65. The van der Waals surface area contributed by atoms with Gasteiger partial charge in [0.15, 0.2) is 0 Å². The molecular weight excluding hydrogens is 422 g/mol. The largest absolute Gasteiger partial charge is 0.339 e. The summed E-state index contributed by atoms with van der Waals surface area (Å²) >= 11 is 1.18. The monoisotopic (exact) mass is 447 g/mol. The van der Waals surface area contributed by atoms with Crippen molar-refractivity contribution in [2.75, 3.05) is 31.5 Å². The molecule has 7 nitrogen and oxygen atoms in total. The Balaban J connectivity index is 1.47. The van der Waals surface area contributed by atoms with Crippen molar-refractivity contribution in [1.29, 1.82) is 0 Å². The Morgan fingerprint density at radius 2 is 1.77 bits per heavy atom. The molecule has 2 amide bonds. The first-order valence-electron chi connectivity index (χ1n) is 10.2. The van der Waals surface area contributed by atoms with Crippen LogP contribution in [0.2, 0.25) is 0 Å². The van der Waals surface area contributed by atoms with Crippen LogP contribution in [-0.4, -0.2) is 55.6 Å². The van der Waals surface area contributed by atoms with Crippen LogP contribution in [-0.2, 0) is 14.8 Å². The van der Waals surface area contributed by atoms with Gasteiger partial charge in [-0.25, -0.2) is 8.42 Å². The van der Waals surface area contributed by atoms with E-state index in [2.05, 4.69) is 5.32 Å². The molecule has 2 fully saturated rings. The Labute approximate surface area is 180 Å². The summed E-state index contributed by atoms with van der Waals surface area (Å²) < 4.78 is 27.3. The molecule has 1 N–H and O–H groups in total. The molecule has 0 saturated carbocycles. The molecule has 1 atom stereocenters. The van der Waals surface area contributed by atoms with Crippen molar-refractivity contribution in [3.63, 3.8) is 0 Å². The average Bonchev–Trinajstić information content (AvgIpc) is 3.48. The van der Waals surface area contributed by atoms with Crippen molar-refractivity contribution in [3.8, 4) is 0 Å². The van der Waals surface area contributed by atoms with Gasteiger partial charge in [-0.2, -0.15) is 4.31 Å². The first kappa shape index (κ1) is 21.0. The van der Waals surface area contributed by atoms with Crippen LogP contribution >= 0.6 is 11.3 Å². The summed E-state index contributed by atoms with van der Waals surface area (Å²) in [6.45, 7) is 2.03. The average molecular weight is 448 g/mol. The van der Waals surface area contributed by atoms with E-state index in [1.165, 1.54) is 15.6 Å². The van der Waals surface area contributed by atoms with E-state index < -0.39 is 15.9 Å². The number of nitrogens with zero attached hydrogens (tertiary/aromatic N) is 2. The van der Waals surface area contributed by atoms with Gasteiger partial charge in [0.05, 0.1) is 17.2 Å². The number of thiophene rings is 1. The van der Waals surface area contributed by atoms with Gasteiger partial charge < -0.3 is 10.2 Å². The summed E-state index contributed by atoms with van der Waals surface area (Å²) in [6, 6.07) is 10.3. The van der Waals surface area contributed by atoms with E-state index in [0.717, 1.165) is 25.9 Å². The number of carbonyl (C=O) groups excluding carboxylic acids is 2. The number of anilines is 1. The first-order chi connectivity index (χ1) is 14.5. The van der Waals surface area contributed by atoms with Crippen molar-refractivity contribution in [3.05, 3.63) is 47.3 Å². The molecule has 1 aromatic carbocycles. The maximum absolute atomic E-state index is 13.0. The van der Waals surface area contributed by atoms with E-state index in [4.69, 9.17) is 0 Å². The molecule has 2 saturated heterocycles. The molecule has 0 radical (unpaired) electrons. The molecule has 1 aromatic heterocycles. The van der Waals surface area contributed by atoms with E-state index >= 15 is 0 Å². The number of benzene rings is 1. The third-order valence-corrected chi connectivity index (χ3v) is 8.89. The first-order valence-corrected chi connectivity index (χ1v) is 12.5. The van der Waals surface area contributed by atoms with Gasteiger partial charge in [-0.1, -0.05) is 18.2 Å². The number of nitrogens with one attached hydrogen (secondary N) is 1. The lowest BCUT2D eigenvalue weighted by Gasteiger charge is -2.31. The second-order valence-electron chi connectivity index (χ2n) is 7.67. The van der Waals surface area contributed by atoms with Crippen LogP contribution in [0.3, 0.4) is 0 Å². The SMILES string of the molecule is O=C(Nc1ccccc1C(=O)N1CCCC1)[C@@H]1CCCN(S(=O)(=O)c2cccs2)C1. The van der Waals surface area contributed by atoms with Crippen LogP contribution in [0.5, 0.6) is 0 Å². The molecule has 0 aliphatic carbocycles. The van der Waals surface area contributed by atoms with Gasteiger partial charge in [0.2, 0.25) is 5.91 Å². The minimum Gasteiger partial charge on any atom is -0.339 e. The van der Waals surface area contributed by atoms with Crippen LogP contribution in [0, 0.1) is 5.92 Å². The maximum atomic E-state index is 13.0. The second-order valence-corrected chi connectivity index (χ2v) is 10.8. The standard InChI is InChI=1S/C21H25N3O4S2/c25-20(16-7-5-13-24(15-16)30(27,28)19-10-6-14-29-19)22-18-9-2-1-8-17(18)21(26)23-11-3-4-12-23/h1-2,6,8-10,14,16H,3-5,7,11-13,15H2,(H,22,25)/t16-/m1/s1. The molecule has 0 unspecified atom stereocenters. The summed E-state index contributed by atoms with van der Waals surface area (Å²) in [5, 5.41) is 4.62. The van der Waals surface area contributed by atoms with E-state index in [-0.39, 0.29) is 18.4 Å². The molecule has 2 aliphatic rings.